The summed E-state index contributed by atoms with van der Waals surface area (Å²) in [6, 6.07) is 6.38. The maximum Gasteiger partial charge on any atom is 0.257 e. The lowest BCUT2D eigenvalue weighted by Gasteiger charge is -2.30. The van der Waals surface area contributed by atoms with Crippen LogP contribution in [0.5, 0.6) is 0 Å². The first kappa shape index (κ1) is 13.2. The third-order valence-corrected chi connectivity index (χ3v) is 5.80. The Labute approximate surface area is 131 Å². The molecule has 0 bridgehead atoms. The lowest BCUT2D eigenvalue weighted by atomic mass is 10.1. The topological polar surface area (TPSA) is 42.2 Å². The van der Waals surface area contributed by atoms with E-state index < -0.39 is 0 Å². The Morgan fingerprint density at radius 2 is 2.19 bits per heavy atom. The highest BCUT2D eigenvalue weighted by Gasteiger charge is 2.26. The predicted octanol–water partition coefficient (Wildman–Crippen LogP) is 3.98. The molecule has 0 aromatic carbocycles. The molecule has 4 rings (SSSR count). The van der Waals surface area contributed by atoms with Crippen molar-refractivity contribution in [3.8, 4) is 10.8 Å². The summed E-state index contributed by atoms with van der Waals surface area (Å²) in [5, 5.41) is 12.6. The highest BCUT2D eigenvalue weighted by atomic mass is 32.1. The zero-order valence-electron chi connectivity index (χ0n) is 11.7. The number of hydrogen-bond acceptors (Lipinski definition) is 6. The zero-order chi connectivity index (χ0) is 14.2. The summed E-state index contributed by atoms with van der Waals surface area (Å²) in [5.41, 5.74) is 1.44. The smallest absolute Gasteiger partial charge is 0.257 e. The summed E-state index contributed by atoms with van der Waals surface area (Å²) in [6.45, 7) is 4.16. The number of fused-ring (bicyclic) bond motifs is 1. The molecule has 0 unspecified atom stereocenters. The van der Waals surface area contributed by atoms with E-state index in [0.717, 1.165) is 24.4 Å². The average molecular weight is 317 g/mol. The molecular formula is C15H15N3OS2. The monoisotopic (exact) mass is 317 g/mol. The first-order chi connectivity index (χ1) is 10.3. The Bertz CT molecular complexity index is 732. The van der Waals surface area contributed by atoms with Crippen LogP contribution >= 0.6 is 22.7 Å². The third kappa shape index (κ3) is 2.43. The fraction of sp³-hybridized carbons (Fsp3) is 0.333. The van der Waals surface area contributed by atoms with Gasteiger partial charge in [-0.2, -0.15) is 0 Å². The maximum absolute atomic E-state index is 5.86. The Hall–Kier alpha value is -1.50. The molecule has 21 heavy (non-hydrogen) atoms. The van der Waals surface area contributed by atoms with E-state index in [4.69, 9.17) is 4.42 Å². The summed E-state index contributed by atoms with van der Waals surface area (Å²) in [7, 11) is 0. The Kier molecular flexibility index (Phi) is 3.37. The van der Waals surface area contributed by atoms with Crippen molar-refractivity contribution >= 4 is 22.7 Å². The molecule has 0 N–H and O–H groups in total. The molecule has 0 fully saturated rings. The molecule has 4 heterocycles. The van der Waals surface area contributed by atoms with Crippen molar-refractivity contribution < 1.29 is 4.42 Å². The van der Waals surface area contributed by atoms with Crippen molar-refractivity contribution in [1.82, 2.24) is 15.1 Å². The summed E-state index contributed by atoms with van der Waals surface area (Å²) in [5.74, 6) is 1.33. The minimum Gasteiger partial charge on any atom is -0.418 e. The summed E-state index contributed by atoms with van der Waals surface area (Å²) in [6.07, 6.45) is 1.11. The van der Waals surface area contributed by atoms with E-state index in [1.54, 1.807) is 11.3 Å². The minimum absolute atomic E-state index is 0.152. The standard InChI is InChI=1S/C15H15N3OS2/c1-10(18-6-4-12-11(9-18)5-8-21-12)14-16-17-15(19-14)13-3-2-7-20-13/h2-3,5,7-8,10H,4,6,9H2,1H3/t10-/m1/s1. The number of aromatic nitrogens is 2. The third-order valence-electron chi connectivity index (χ3n) is 3.91. The van der Waals surface area contributed by atoms with Gasteiger partial charge in [-0.25, -0.2) is 0 Å². The molecule has 1 aliphatic rings. The van der Waals surface area contributed by atoms with Gasteiger partial charge >= 0.3 is 0 Å². The van der Waals surface area contributed by atoms with Gasteiger partial charge in [0.1, 0.15) is 0 Å². The van der Waals surface area contributed by atoms with E-state index >= 15 is 0 Å². The number of thiophene rings is 2. The number of rotatable bonds is 3. The van der Waals surface area contributed by atoms with Gasteiger partial charge in [-0.15, -0.1) is 32.9 Å². The second kappa shape index (κ2) is 5.36. The van der Waals surface area contributed by atoms with Gasteiger partial charge in [-0.3, -0.25) is 4.90 Å². The molecule has 0 spiro atoms. The van der Waals surface area contributed by atoms with Gasteiger partial charge in [0.25, 0.3) is 5.89 Å². The molecule has 108 valence electrons. The highest BCUT2D eigenvalue weighted by molar-refractivity contribution is 7.13. The van der Waals surface area contributed by atoms with Crippen LogP contribution in [-0.4, -0.2) is 21.6 Å². The van der Waals surface area contributed by atoms with Crippen LogP contribution in [0.15, 0.2) is 33.4 Å². The quantitative estimate of drug-likeness (QED) is 0.733. The molecule has 3 aromatic heterocycles. The SMILES string of the molecule is C[C@H](c1nnc(-c2cccs2)o1)N1CCc2sccc2C1. The second-order valence-electron chi connectivity index (χ2n) is 5.19. The average Bonchev–Trinajstić information content (AvgIpc) is 3.24. The van der Waals surface area contributed by atoms with Crippen molar-refractivity contribution in [2.75, 3.05) is 6.54 Å². The molecular weight excluding hydrogens is 302 g/mol. The van der Waals surface area contributed by atoms with Crippen LogP contribution in [0.3, 0.4) is 0 Å². The normalized spacial score (nSPS) is 16.8. The van der Waals surface area contributed by atoms with Crippen molar-refractivity contribution in [3.63, 3.8) is 0 Å². The van der Waals surface area contributed by atoms with Crippen LogP contribution in [0.25, 0.3) is 10.8 Å². The second-order valence-corrected chi connectivity index (χ2v) is 7.14. The maximum atomic E-state index is 5.86. The van der Waals surface area contributed by atoms with E-state index in [1.165, 1.54) is 10.4 Å². The molecule has 0 saturated heterocycles. The van der Waals surface area contributed by atoms with E-state index in [9.17, 15) is 0 Å². The van der Waals surface area contributed by atoms with Crippen LogP contribution < -0.4 is 0 Å². The summed E-state index contributed by atoms with van der Waals surface area (Å²) < 4.78 is 5.86. The van der Waals surface area contributed by atoms with Gasteiger partial charge in [0.2, 0.25) is 5.89 Å². The molecule has 0 amide bonds. The van der Waals surface area contributed by atoms with Crippen molar-refractivity contribution in [2.24, 2.45) is 0 Å². The van der Waals surface area contributed by atoms with Crippen LogP contribution in [0, 0.1) is 0 Å². The lowest BCUT2D eigenvalue weighted by Crippen LogP contribution is -2.32. The van der Waals surface area contributed by atoms with Gasteiger partial charge in [0.15, 0.2) is 0 Å². The Morgan fingerprint density at radius 1 is 1.24 bits per heavy atom. The first-order valence-corrected chi connectivity index (χ1v) is 8.74. The molecule has 0 saturated carbocycles. The lowest BCUT2D eigenvalue weighted by molar-refractivity contribution is 0.168. The van der Waals surface area contributed by atoms with Gasteiger partial charge in [-0.05, 0) is 41.8 Å². The van der Waals surface area contributed by atoms with Gasteiger partial charge in [0.05, 0.1) is 10.9 Å². The van der Waals surface area contributed by atoms with Crippen molar-refractivity contribution in [3.05, 3.63) is 45.3 Å². The van der Waals surface area contributed by atoms with Gasteiger partial charge < -0.3 is 4.42 Å². The largest absolute Gasteiger partial charge is 0.418 e. The Morgan fingerprint density at radius 3 is 3.05 bits per heavy atom. The van der Waals surface area contributed by atoms with E-state index in [0.29, 0.717) is 11.8 Å². The highest BCUT2D eigenvalue weighted by Crippen LogP contribution is 2.31. The minimum atomic E-state index is 0.152. The van der Waals surface area contributed by atoms with Crippen molar-refractivity contribution in [1.29, 1.82) is 0 Å². The van der Waals surface area contributed by atoms with E-state index in [1.807, 2.05) is 28.8 Å². The Balaban J connectivity index is 1.54. The fourth-order valence-electron chi connectivity index (χ4n) is 2.66. The van der Waals surface area contributed by atoms with Crippen LogP contribution in [0.1, 0.15) is 29.3 Å². The molecule has 0 radical (unpaired) electrons. The molecule has 1 atom stereocenters. The van der Waals surface area contributed by atoms with Crippen LogP contribution in [0.2, 0.25) is 0 Å². The molecule has 6 heteroatoms. The van der Waals surface area contributed by atoms with E-state index in [2.05, 4.69) is 33.5 Å². The number of nitrogens with zero attached hydrogens (tertiary/aromatic N) is 3. The van der Waals surface area contributed by atoms with Gasteiger partial charge in [-0.1, -0.05) is 6.07 Å². The number of hydrogen-bond donors (Lipinski definition) is 0. The van der Waals surface area contributed by atoms with Crippen LogP contribution in [-0.2, 0) is 13.0 Å². The van der Waals surface area contributed by atoms with Gasteiger partial charge in [0, 0.05) is 18.0 Å². The molecule has 0 aliphatic carbocycles. The van der Waals surface area contributed by atoms with E-state index in [-0.39, 0.29) is 6.04 Å². The van der Waals surface area contributed by atoms with Crippen LogP contribution in [0.4, 0.5) is 0 Å². The fourth-order valence-corrected chi connectivity index (χ4v) is 4.19. The van der Waals surface area contributed by atoms with Crippen molar-refractivity contribution in [2.45, 2.75) is 25.9 Å². The molecule has 3 aromatic rings. The summed E-state index contributed by atoms with van der Waals surface area (Å²) >= 11 is 3.48. The zero-order valence-corrected chi connectivity index (χ0v) is 13.3. The summed E-state index contributed by atoms with van der Waals surface area (Å²) in [4.78, 5) is 4.95. The predicted molar refractivity (Wildman–Crippen MR) is 84.5 cm³/mol. The molecule has 4 nitrogen and oxygen atoms in total. The molecule has 1 aliphatic heterocycles. The first-order valence-electron chi connectivity index (χ1n) is 6.98.